The number of carbonyl (C=O) groups excluding carboxylic acids is 2. The first kappa shape index (κ1) is 35.4. The SMILES string of the molecule is COc1ccc([C@@H](OC(=O)[C@](OC)(c2ccccc2)C(F)(F)F)[C@@H]2CO[C@H](c3ccc(OC)c(OC)c3)[C@H]2COC(C)=O)cc1OC. The van der Waals surface area contributed by atoms with Gasteiger partial charge in [-0.15, -0.1) is 0 Å². The molecule has 1 aliphatic heterocycles. The standard InChI is InChI=1S/C34H37F3O10/c1-20(38)45-18-24-25(19-46-30(24)21-12-14-26(40-2)28(16-21)42-4)31(22-13-15-27(41-3)29(17-22)43-5)47-32(39)33(44-6,34(35,36)37)23-10-8-7-9-11-23/h7-17,24-25,30-31H,18-19H2,1-6H3/t24-,25+,30+,31+,33+/m0/s1. The van der Waals surface area contributed by atoms with E-state index in [2.05, 4.69) is 0 Å². The minimum atomic E-state index is -5.21. The number of hydrogen-bond donors (Lipinski definition) is 0. The molecule has 47 heavy (non-hydrogen) atoms. The molecule has 0 amide bonds. The Hall–Kier alpha value is -4.49. The van der Waals surface area contributed by atoms with Crippen molar-refractivity contribution < 1.29 is 60.7 Å². The van der Waals surface area contributed by atoms with Crippen molar-refractivity contribution in [2.24, 2.45) is 11.8 Å². The third kappa shape index (κ3) is 7.10. The Bertz CT molecular complexity index is 1530. The predicted octanol–water partition coefficient (Wildman–Crippen LogP) is 5.98. The number of benzene rings is 3. The summed E-state index contributed by atoms with van der Waals surface area (Å²) in [6.07, 6.45) is -7.33. The molecule has 13 heteroatoms. The maximum absolute atomic E-state index is 14.9. The van der Waals surface area contributed by atoms with Crippen LogP contribution in [-0.2, 0) is 34.1 Å². The maximum Gasteiger partial charge on any atom is 0.432 e. The number of carbonyl (C=O) groups is 2. The molecule has 0 radical (unpaired) electrons. The summed E-state index contributed by atoms with van der Waals surface area (Å²) in [5, 5.41) is 0. The number of halogens is 3. The first-order valence-electron chi connectivity index (χ1n) is 14.5. The average Bonchev–Trinajstić information content (AvgIpc) is 3.49. The second kappa shape index (κ2) is 14.9. The molecule has 0 saturated carbocycles. The van der Waals surface area contributed by atoms with E-state index in [9.17, 15) is 22.8 Å². The number of hydrogen-bond acceptors (Lipinski definition) is 10. The quantitative estimate of drug-likeness (QED) is 0.203. The van der Waals surface area contributed by atoms with Gasteiger partial charge in [-0.3, -0.25) is 4.79 Å². The number of methoxy groups -OCH3 is 5. The van der Waals surface area contributed by atoms with Crippen molar-refractivity contribution >= 4 is 11.9 Å². The van der Waals surface area contributed by atoms with Crippen LogP contribution in [0.5, 0.6) is 23.0 Å². The molecule has 0 bridgehead atoms. The molecule has 0 N–H and O–H groups in total. The van der Waals surface area contributed by atoms with E-state index in [0.29, 0.717) is 22.8 Å². The van der Waals surface area contributed by atoms with Gasteiger partial charge in [0, 0.05) is 31.4 Å². The molecule has 254 valence electrons. The van der Waals surface area contributed by atoms with Crippen molar-refractivity contribution in [2.45, 2.75) is 30.9 Å². The van der Waals surface area contributed by atoms with Gasteiger partial charge in [0.1, 0.15) is 6.10 Å². The first-order valence-corrected chi connectivity index (χ1v) is 14.5. The van der Waals surface area contributed by atoms with Gasteiger partial charge in [-0.1, -0.05) is 42.5 Å². The van der Waals surface area contributed by atoms with Crippen molar-refractivity contribution in [2.75, 3.05) is 48.8 Å². The number of ether oxygens (including phenoxy) is 8. The highest BCUT2D eigenvalue weighted by atomic mass is 19.4. The van der Waals surface area contributed by atoms with Gasteiger partial charge in [-0.2, -0.15) is 13.2 Å². The molecule has 1 heterocycles. The van der Waals surface area contributed by atoms with Crippen LogP contribution < -0.4 is 18.9 Å². The summed E-state index contributed by atoms with van der Waals surface area (Å²) in [4.78, 5) is 25.9. The van der Waals surface area contributed by atoms with E-state index in [1.807, 2.05) is 0 Å². The van der Waals surface area contributed by atoms with Crippen molar-refractivity contribution in [3.05, 3.63) is 83.4 Å². The highest BCUT2D eigenvalue weighted by molar-refractivity contribution is 5.83. The molecule has 1 fully saturated rings. The monoisotopic (exact) mass is 662 g/mol. The van der Waals surface area contributed by atoms with Crippen LogP contribution in [0.3, 0.4) is 0 Å². The Kier molecular flexibility index (Phi) is 11.2. The molecular formula is C34H37F3O10. The van der Waals surface area contributed by atoms with Crippen molar-refractivity contribution in [1.29, 1.82) is 0 Å². The van der Waals surface area contributed by atoms with Gasteiger partial charge < -0.3 is 37.9 Å². The fourth-order valence-corrected chi connectivity index (χ4v) is 5.81. The minimum absolute atomic E-state index is 0.0887. The van der Waals surface area contributed by atoms with Gasteiger partial charge in [0.2, 0.25) is 0 Å². The average molecular weight is 663 g/mol. The third-order valence-electron chi connectivity index (χ3n) is 8.15. The van der Waals surface area contributed by atoms with Crippen LogP contribution in [-0.4, -0.2) is 66.9 Å². The second-order valence-corrected chi connectivity index (χ2v) is 10.7. The zero-order valence-corrected chi connectivity index (χ0v) is 26.8. The normalized spacial score (nSPS) is 19.6. The topological polar surface area (TPSA) is 108 Å². The molecule has 3 aromatic carbocycles. The lowest BCUT2D eigenvalue weighted by Gasteiger charge is -2.36. The van der Waals surface area contributed by atoms with Crippen LogP contribution in [0.4, 0.5) is 13.2 Å². The van der Waals surface area contributed by atoms with Gasteiger partial charge in [-0.05, 0) is 35.4 Å². The van der Waals surface area contributed by atoms with E-state index < -0.39 is 53.3 Å². The summed E-state index contributed by atoms with van der Waals surface area (Å²) in [5.74, 6) is -2.35. The number of alkyl halides is 3. The molecule has 0 spiro atoms. The molecule has 3 aromatic rings. The molecule has 4 rings (SSSR count). The summed E-state index contributed by atoms with van der Waals surface area (Å²) in [5.41, 5.74) is -3.03. The number of esters is 2. The molecule has 5 atom stereocenters. The van der Waals surface area contributed by atoms with Gasteiger partial charge in [0.15, 0.2) is 23.0 Å². The molecule has 1 aliphatic rings. The van der Waals surface area contributed by atoms with E-state index in [-0.39, 0.29) is 24.5 Å². The molecule has 0 aliphatic carbocycles. The fourth-order valence-electron chi connectivity index (χ4n) is 5.81. The summed E-state index contributed by atoms with van der Waals surface area (Å²) in [6, 6.07) is 16.2. The second-order valence-electron chi connectivity index (χ2n) is 10.7. The van der Waals surface area contributed by atoms with E-state index >= 15 is 0 Å². The zero-order valence-electron chi connectivity index (χ0n) is 26.8. The highest BCUT2D eigenvalue weighted by Crippen LogP contribution is 2.50. The Morgan fingerprint density at radius 3 is 1.98 bits per heavy atom. The van der Waals surface area contributed by atoms with Gasteiger partial charge in [0.05, 0.1) is 47.8 Å². The van der Waals surface area contributed by atoms with Crippen LogP contribution >= 0.6 is 0 Å². The Morgan fingerprint density at radius 2 is 1.43 bits per heavy atom. The van der Waals surface area contributed by atoms with Crippen molar-refractivity contribution in [1.82, 2.24) is 0 Å². The number of rotatable bonds is 13. The largest absolute Gasteiger partial charge is 0.493 e. The summed E-state index contributed by atoms with van der Waals surface area (Å²) in [6.45, 7) is 0.945. The first-order chi connectivity index (χ1) is 22.4. The van der Waals surface area contributed by atoms with E-state index in [1.165, 1.54) is 59.6 Å². The van der Waals surface area contributed by atoms with Crippen molar-refractivity contribution in [3.8, 4) is 23.0 Å². The van der Waals surface area contributed by atoms with Gasteiger partial charge >= 0.3 is 18.1 Å². The van der Waals surface area contributed by atoms with E-state index in [1.54, 1.807) is 30.3 Å². The van der Waals surface area contributed by atoms with Gasteiger partial charge in [0.25, 0.3) is 5.60 Å². The van der Waals surface area contributed by atoms with Crippen LogP contribution in [0.15, 0.2) is 66.7 Å². The summed E-state index contributed by atoms with van der Waals surface area (Å²) < 4.78 is 88.8. The fraction of sp³-hybridized carbons (Fsp3) is 0.412. The molecule has 0 aromatic heterocycles. The maximum atomic E-state index is 14.9. The minimum Gasteiger partial charge on any atom is -0.493 e. The summed E-state index contributed by atoms with van der Waals surface area (Å²) in [7, 11) is 6.58. The van der Waals surface area contributed by atoms with Crippen LogP contribution in [0.1, 0.15) is 35.8 Å². The van der Waals surface area contributed by atoms with Crippen LogP contribution in [0, 0.1) is 11.8 Å². The van der Waals surface area contributed by atoms with E-state index in [4.69, 9.17) is 37.9 Å². The van der Waals surface area contributed by atoms with Crippen LogP contribution in [0.25, 0.3) is 0 Å². The Balaban J connectivity index is 1.86. The van der Waals surface area contributed by atoms with Gasteiger partial charge in [-0.25, -0.2) is 4.79 Å². The highest BCUT2D eigenvalue weighted by Gasteiger charge is 2.64. The lowest BCUT2D eigenvalue weighted by atomic mass is 9.81. The lowest BCUT2D eigenvalue weighted by Crippen LogP contribution is -2.52. The lowest BCUT2D eigenvalue weighted by molar-refractivity contribution is -0.279. The molecule has 10 nitrogen and oxygen atoms in total. The predicted molar refractivity (Wildman–Crippen MR) is 161 cm³/mol. The summed E-state index contributed by atoms with van der Waals surface area (Å²) >= 11 is 0. The third-order valence-corrected chi connectivity index (χ3v) is 8.15. The van der Waals surface area contributed by atoms with Crippen molar-refractivity contribution in [3.63, 3.8) is 0 Å². The Labute approximate surface area is 270 Å². The smallest absolute Gasteiger partial charge is 0.432 e. The van der Waals surface area contributed by atoms with E-state index in [0.717, 1.165) is 19.2 Å². The molecule has 0 unspecified atom stereocenters. The van der Waals surface area contributed by atoms with Crippen LogP contribution in [0.2, 0.25) is 0 Å². The zero-order chi connectivity index (χ0) is 34.4. The Morgan fingerprint density at radius 1 is 0.830 bits per heavy atom. The molecule has 1 saturated heterocycles. The molecular weight excluding hydrogens is 625 g/mol.